The molecule has 1 aromatic rings. The van der Waals surface area contributed by atoms with Crippen LogP contribution in [0.3, 0.4) is 0 Å². The summed E-state index contributed by atoms with van der Waals surface area (Å²) in [6.07, 6.45) is 1.49. The van der Waals surface area contributed by atoms with Crippen molar-refractivity contribution in [3.63, 3.8) is 0 Å². The molecular weight excluding hydrogens is 264 g/mol. The predicted molar refractivity (Wildman–Crippen MR) is 87.6 cm³/mol. The Hall–Kier alpha value is -1.59. The molecule has 0 amide bonds. The Morgan fingerprint density at radius 1 is 1.29 bits per heavy atom. The third-order valence-electron chi connectivity index (χ3n) is 3.69. The second kappa shape index (κ2) is 10.2. The normalized spacial score (nSPS) is 13.6. The molecule has 4 N–H and O–H groups in total. The smallest absolute Gasteiger partial charge is 0.139 e. The lowest BCUT2D eigenvalue weighted by molar-refractivity contribution is 0.213. The number of nitrogens with two attached hydrogens (primary N) is 1. The summed E-state index contributed by atoms with van der Waals surface area (Å²) in [5.74, 6) is 0.292. The van der Waals surface area contributed by atoms with Crippen molar-refractivity contribution in [2.75, 3.05) is 26.2 Å². The molecule has 21 heavy (non-hydrogen) atoms. The second-order valence-electron chi connectivity index (χ2n) is 5.05. The van der Waals surface area contributed by atoms with Crippen LogP contribution in [0.5, 0.6) is 0 Å². The molecule has 0 radical (unpaired) electrons. The number of rotatable bonds is 10. The number of nitrogens with zero attached hydrogens (tertiary/aromatic N) is 2. The summed E-state index contributed by atoms with van der Waals surface area (Å²) in [6.45, 7) is 8.21. The molecule has 0 heterocycles. The summed E-state index contributed by atoms with van der Waals surface area (Å²) in [7, 11) is 0. The van der Waals surface area contributed by atoms with Crippen LogP contribution in [0.1, 0.15) is 38.3 Å². The van der Waals surface area contributed by atoms with Crippen LogP contribution in [0.15, 0.2) is 35.5 Å². The van der Waals surface area contributed by atoms with Gasteiger partial charge in [0, 0.05) is 19.0 Å². The maximum atomic E-state index is 8.50. The van der Waals surface area contributed by atoms with Crippen molar-refractivity contribution in [1.82, 2.24) is 10.2 Å². The first-order valence-corrected chi connectivity index (χ1v) is 7.69. The largest absolute Gasteiger partial charge is 0.409 e. The Bertz CT molecular complexity index is 404. The zero-order chi connectivity index (χ0) is 15.5. The Balaban J connectivity index is 2.51. The van der Waals surface area contributed by atoms with Gasteiger partial charge < -0.3 is 16.3 Å². The van der Waals surface area contributed by atoms with Gasteiger partial charge in [0.25, 0.3) is 0 Å². The summed E-state index contributed by atoms with van der Waals surface area (Å²) >= 11 is 0. The van der Waals surface area contributed by atoms with Gasteiger partial charge in [-0.1, -0.05) is 49.3 Å². The van der Waals surface area contributed by atoms with E-state index in [1.165, 1.54) is 5.56 Å². The fourth-order valence-electron chi connectivity index (χ4n) is 2.48. The van der Waals surface area contributed by atoms with E-state index in [0.717, 1.165) is 32.6 Å². The molecule has 0 aromatic heterocycles. The highest BCUT2D eigenvalue weighted by molar-refractivity contribution is 5.79. The fraction of sp³-hybridized carbons (Fsp3) is 0.562. The summed E-state index contributed by atoms with van der Waals surface area (Å²) < 4.78 is 0. The highest BCUT2D eigenvalue weighted by Gasteiger charge is 2.16. The zero-order valence-corrected chi connectivity index (χ0v) is 13.1. The third kappa shape index (κ3) is 6.14. The van der Waals surface area contributed by atoms with Gasteiger partial charge in [-0.2, -0.15) is 0 Å². The zero-order valence-electron chi connectivity index (χ0n) is 13.1. The lowest BCUT2D eigenvalue weighted by atomic mass is 10.1. The SMILES string of the molecule is CCN(CC)C(CNCCCC(N)=NO)c1ccccc1. The molecule has 0 saturated heterocycles. The molecule has 0 saturated carbocycles. The van der Waals surface area contributed by atoms with Crippen molar-refractivity contribution in [3.05, 3.63) is 35.9 Å². The van der Waals surface area contributed by atoms with Crippen LogP contribution in [0, 0.1) is 0 Å². The first-order valence-electron chi connectivity index (χ1n) is 7.69. The summed E-state index contributed by atoms with van der Waals surface area (Å²) in [5.41, 5.74) is 6.80. The Morgan fingerprint density at radius 3 is 2.52 bits per heavy atom. The average Bonchev–Trinajstić information content (AvgIpc) is 2.54. The van der Waals surface area contributed by atoms with E-state index in [4.69, 9.17) is 10.9 Å². The van der Waals surface area contributed by atoms with E-state index in [-0.39, 0.29) is 0 Å². The van der Waals surface area contributed by atoms with Crippen molar-refractivity contribution >= 4 is 5.84 Å². The minimum Gasteiger partial charge on any atom is -0.409 e. The molecule has 1 unspecified atom stereocenters. The molecule has 0 aliphatic carbocycles. The maximum absolute atomic E-state index is 8.50. The minimum atomic E-state index is 0.292. The average molecular weight is 292 g/mol. The molecule has 1 atom stereocenters. The lowest BCUT2D eigenvalue weighted by Crippen LogP contribution is -2.36. The number of amidine groups is 1. The van der Waals surface area contributed by atoms with E-state index in [0.29, 0.717) is 18.3 Å². The number of benzene rings is 1. The molecule has 0 fully saturated rings. The van der Waals surface area contributed by atoms with Crippen LogP contribution in [-0.2, 0) is 0 Å². The van der Waals surface area contributed by atoms with Crippen LogP contribution >= 0.6 is 0 Å². The van der Waals surface area contributed by atoms with Gasteiger partial charge in [0.15, 0.2) is 0 Å². The molecule has 0 aliphatic rings. The van der Waals surface area contributed by atoms with Crippen molar-refractivity contribution in [3.8, 4) is 0 Å². The van der Waals surface area contributed by atoms with Crippen LogP contribution < -0.4 is 11.1 Å². The van der Waals surface area contributed by atoms with Gasteiger partial charge in [-0.25, -0.2) is 0 Å². The van der Waals surface area contributed by atoms with Gasteiger partial charge >= 0.3 is 0 Å². The third-order valence-corrected chi connectivity index (χ3v) is 3.69. The lowest BCUT2D eigenvalue weighted by Gasteiger charge is -2.30. The number of likely N-dealkylation sites (N-methyl/N-ethyl adjacent to an activating group) is 1. The number of hydrogen-bond donors (Lipinski definition) is 3. The molecule has 118 valence electrons. The maximum Gasteiger partial charge on any atom is 0.139 e. The summed E-state index contributed by atoms with van der Waals surface area (Å²) in [5, 5.41) is 15.0. The van der Waals surface area contributed by atoms with Crippen molar-refractivity contribution in [1.29, 1.82) is 0 Å². The van der Waals surface area contributed by atoms with Crippen molar-refractivity contribution in [2.24, 2.45) is 10.9 Å². The van der Waals surface area contributed by atoms with Gasteiger partial charge in [-0.05, 0) is 31.6 Å². The number of hydrogen-bond acceptors (Lipinski definition) is 4. The van der Waals surface area contributed by atoms with Crippen molar-refractivity contribution in [2.45, 2.75) is 32.7 Å². The molecule has 1 aromatic carbocycles. The standard InChI is InChI=1S/C16H28N4O/c1-3-20(4-2)15(14-9-6-5-7-10-14)13-18-12-8-11-16(17)19-21/h5-7,9-10,15,18,21H,3-4,8,11-13H2,1-2H3,(H2,17,19). The Kier molecular flexibility index (Phi) is 8.47. The minimum absolute atomic E-state index is 0.292. The molecule has 0 aliphatic heterocycles. The first-order chi connectivity index (χ1) is 10.2. The molecular formula is C16H28N4O. The van der Waals surface area contributed by atoms with Gasteiger partial charge in [-0.15, -0.1) is 0 Å². The topological polar surface area (TPSA) is 73.9 Å². The van der Waals surface area contributed by atoms with Gasteiger partial charge in [0.2, 0.25) is 0 Å². The quantitative estimate of drug-likeness (QED) is 0.203. The summed E-state index contributed by atoms with van der Waals surface area (Å²) in [6, 6.07) is 11.0. The number of nitrogens with one attached hydrogen (secondary N) is 1. The number of oxime groups is 1. The van der Waals surface area contributed by atoms with E-state index in [9.17, 15) is 0 Å². The second-order valence-corrected chi connectivity index (χ2v) is 5.05. The molecule has 1 rings (SSSR count). The van der Waals surface area contributed by atoms with E-state index in [2.05, 4.69) is 53.5 Å². The van der Waals surface area contributed by atoms with Gasteiger partial charge in [-0.3, -0.25) is 4.90 Å². The predicted octanol–water partition coefficient (Wildman–Crippen LogP) is 2.19. The van der Waals surface area contributed by atoms with Gasteiger partial charge in [0.1, 0.15) is 5.84 Å². The van der Waals surface area contributed by atoms with E-state index in [1.54, 1.807) is 0 Å². The van der Waals surface area contributed by atoms with Crippen LogP contribution in [0.2, 0.25) is 0 Å². The first kappa shape index (κ1) is 17.5. The molecule has 5 nitrogen and oxygen atoms in total. The molecule has 0 spiro atoms. The van der Waals surface area contributed by atoms with Crippen LogP contribution in [-0.4, -0.2) is 42.1 Å². The van der Waals surface area contributed by atoms with Crippen molar-refractivity contribution < 1.29 is 5.21 Å². The Morgan fingerprint density at radius 2 is 1.95 bits per heavy atom. The highest BCUT2D eigenvalue weighted by Crippen LogP contribution is 2.19. The monoisotopic (exact) mass is 292 g/mol. The fourth-order valence-corrected chi connectivity index (χ4v) is 2.48. The van der Waals surface area contributed by atoms with Crippen LogP contribution in [0.4, 0.5) is 0 Å². The highest BCUT2D eigenvalue weighted by atomic mass is 16.4. The van der Waals surface area contributed by atoms with E-state index in [1.807, 2.05) is 6.07 Å². The molecule has 5 heteroatoms. The summed E-state index contributed by atoms with van der Waals surface area (Å²) in [4.78, 5) is 2.45. The Labute approximate surface area is 127 Å². The van der Waals surface area contributed by atoms with E-state index < -0.39 is 0 Å². The van der Waals surface area contributed by atoms with Crippen LogP contribution in [0.25, 0.3) is 0 Å². The molecule has 0 bridgehead atoms. The van der Waals surface area contributed by atoms with E-state index >= 15 is 0 Å². The van der Waals surface area contributed by atoms with Gasteiger partial charge in [0.05, 0.1) is 0 Å².